The third kappa shape index (κ3) is 3.07. The minimum Gasteiger partial charge on any atom is -0.383 e. The summed E-state index contributed by atoms with van der Waals surface area (Å²) >= 11 is 5.84. The highest BCUT2D eigenvalue weighted by atomic mass is 35.5. The fourth-order valence-corrected chi connectivity index (χ4v) is 1.53. The Morgan fingerprint density at radius 1 is 1.44 bits per heavy atom. The third-order valence-electron chi connectivity index (χ3n) is 1.98. The number of nitrogens with zero attached hydrogens (tertiary/aromatic N) is 1. The van der Waals surface area contributed by atoms with Crippen molar-refractivity contribution in [2.45, 2.75) is 6.92 Å². The van der Waals surface area contributed by atoms with E-state index >= 15 is 0 Å². The quantitative estimate of drug-likeness (QED) is 0.599. The maximum Gasteiger partial charge on any atom is 0.191 e. The van der Waals surface area contributed by atoms with Crippen LogP contribution in [-0.2, 0) is 0 Å². The van der Waals surface area contributed by atoms with Gasteiger partial charge in [-0.25, -0.2) is 4.39 Å². The second kappa shape index (κ2) is 5.12. The van der Waals surface area contributed by atoms with E-state index in [9.17, 15) is 9.18 Å². The fourth-order valence-electron chi connectivity index (χ4n) is 1.33. The van der Waals surface area contributed by atoms with Crippen molar-refractivity contribution >= 4 is 17.4 Å². The van der Waals surface area contributed by atoms with Crippen molar-refractivity contribution in [2.75, 3.05) is 14.1 Å². The summed E-state index contributed by atoms with van der Waals surface area (Å²) in [5, 5.41) is 0.262. The molecule has 0 aliphatic carbocycles. The standard InChI is InChI=1S/C12H13ClFNO/c1-8(7-15(2)3)12(16)10-6-9(14)4-5-11(10)13/h4-7H,1-3H3. The Hall–Kier alpha value is -1.35. The van der Waals surface area contributed by atoms with E-state index in [-0.39, 0.29) is 16.4 Å². The largest absolute Gasteiger partial charge is 0.383 e. The average Bonchev–Trinajstić information content (AvgIpc) is 2.19. The van der Waals surface area contributed by atoms with Crippen molar-refractivity contribution in [1.82, 2.24) is 4.90 Å². The summed E-state index contributed by atoms with van der Waals surface area (Å²) in [6, 6.07) is 3.76. The molecule has 0 heterocycles. The van der Waals surface area contributed by atoms with Gasteiger partial charge in [0.15, 0.2) is 5.78 Å². The molecule has 0 spiro atoms. The molecule has 0 aliphatic heterocycles. The van der Waals surface area contributed by atoms with Crippen molar-refractivity contribution in [2.24, 2.45) is 0 Å². The van der Waals surface area contributed by atoms with Gasteiger partial charge in [0.2, 0.25) is 0 Å². The van der Waals surface area contributed by atoms with Crippen LogP contribution < -0.4 is 0 Å². The first-order valence-electron chi connectivity index (χ1n) is 4.76. The molecule has 2 nitrogen and oxygen atoms in total. The fraction of sp³-hybridized carbons (Fsp3) is 0.250. The number of carbonyl (C=O) groups is 1. The minimum absolute atomic E-state index is 0.192. The van der Waals surface area contributed by atoms with E-state index in [2.05, 4.69) is 0 Å². The van der Waals surface area contributed by atoms with Gasteiger partial charge in [0.1, 0.15) is 5.82 Å². The van der Waals surface area contributed by atoms with Gasteiger partial charge in [0.05, 0.1) is 5.02 Å². The topological polar surface area (TPSA) is 20.3 Å². The number of hydrogen-bond donors (Lipinski definition) is 0. The number of Topliss-reactive ketones (excluding diaryl/α,β-unsaturated/α-hetero) is 1. The Morgan fingerprint density at radius 3 is 2.62 bits per heavy atom. The lowest BCUT2D eigenvalue weighted by atomic mass is 10.1. The highest BCUT2D eigenvalue weighted by Crippen LogP contribution is 2.20. The smallest absolute Gasteiger partial charge is 0.191 e. The van der Waals surface area contributed by atoms with Crippen molar-refractivity contribution in [3.05, 3.63) is 46.4 Å². The first-order valence-corrected chi connectivity index (χ1v) is 5.14. The Balaban J connectivity index is 3.10. The van der Waals surface area contributed by atoms with E-state index in [0.29, 0.717) is 5.57 Å². The molecule has 0 aromatic heterocycles. The number of hydrogen-bond acceptors (Lipinski definition) is 2. The van der Waals surface area contributed by atoms with Crippen LogP contribution in [0, 0.1) is 5.82 Å². The van der Waals surface area contributed by atoms with Crippen molar-refractivity contribution < 1.29 is 9.18 Å². The number of allylic oxidation sites excluding steroid dienone is 1. The molecule has 0 atom stereocenters. The molecule has 0 bridgehead atoms. The van der Waals surface area contributed by atoms with Crippen LogP contribution in [0.25, 0.3) is 0 Å². The Morgan fingerprint density at radius 2 is 2.06 bits per heavy atom. The zero-order valence-electron chi connectivity index (χ0n) is 9.42. The van der Waals surface area contributed by atoms with Crippen LogP contribution in [0.4, 0.5) is 4.39 Å². The van der Waals surface area contributed by atoms with Crippen LogP contribution >= 0.6 is 11.6 Å². The van der Waals surface area contributed by atoms with Gasteiger partial charge in [0.25, 0.3) is 0 Å². The van der Waals surface area contributed by atoms with E-state index in [1.807, 2.05) is 14.1 Å². The first-order chi connectivity index (χ1) is 7.41. The van der Waals surface area contributed by atoms with E-state index in [0.717, 1.165) is 6.07 Å². The Bertz CT molecular complexity index is 441. The van der Waals surface area contributed by atoms with E-state index in [4.69, 9.17) is 11.6 Å². The molecular weight excluding hydrogens is 229 g/mol. The molecule has 0 N–H and O–H groups in total. The van der Waals surface area contributed by atoms with Gasteiger partial charge in [-0.1, -0.05) is 11.6 Å². The summed E-state index contributed by atoms with van der Waals surface area (Å²) in [7, 11) is 3.62. The molecule has 0 unspecified atom stereocenters. The van der Waals surface area contributed by atoms with Crippen molar-refractivity contribution in [3.63, 3.8) is 0 Å². The third-order valence-corrected chi connectivity index (χ3v) is 2.31. The van der Waals surface area contributed by atoms with E-state index < -0.39 is 5.82 Å². The molecule has 86 valence electrons. The summed E-state index contributed by atoms with van der Waals surface area (Å²) in [6.07, 6.45) is 1.67. The van der Waals surface area contributed by atoms with Gasteiger partial charge >= 0.3 is 0 Å². The Labute approximate surface area is 99.3 Å². The summed E-state index contributed by atoms with van der Waals surface area (Å²) in [5.41, 5.74) is 0.703. The molecule has 1 aromatic carbocycles. The number of benzene rings is 1. The molecular formula is C12H13ClFNO. The maximum atomic E-state index is 13.0. The minimum atomic E-state index is -0.467. The van der Waals surface area contributed by atoms with Crippen LogP contribution in [0.2, 0.25) is 5.02 Å². The van der Waals surface area contributed by atoms with Gasteiger partial charge in [0, 0.05) is 31.4 Å². The lowest BCUT2D eigenvalue weighted by molar-refractivity contribution is 0.103. The maximum absolute atomic E-state index is 13.0. The summed E-state index contributed by atoms with van der Waals surface area (Å²) in [5.74, 6) is -0.733. The molecule has 4 heteroatoms. The monoisotopic (exact) mass is 241 g/mol. The van der Waals surface area contributed by atoms with Crippen LogP contribution in [0.5, 0.6) is 0 Å². The van der Waals surface area contributed by atoms with Gasteiger partial charge < -0.3 is 4.90 Å². The van der Waals surface area contributed by atoms with Crippen LogP contribution in [0.15, 0.2) is 30.0 Å². The number of rotatable bonds is 3. The predicted octanol–water partition coefficient (Wildman–Crippen LogP) is 3.13. The molecule has 0 aliphatic rings. The van der Waals surface area contributed by atoms with E-state index in [1.165, 1.54) is 12.1 Å². The highest BCUT2D eigenvalue weighted by Gasteiger charge is 2.13. The van der Waals surface area contributed by atoms with Gasteiger partial charge in [-0.2, -0.15) is 0 Å². The number of ketones is 1. The molecule has 1 rings (SSSR count). The molecule has 0 saturated carbocycles. The molecule has 1 aromatic rings. The van der Waals surface area contributed by atoms with Gasteiger partial charge in [-0.3, -0.25) is 4.79 Å². The molecule has 0 fully saturated rings. The Kier molecular flexibility index (Phi) is 4.07. The summed E-state index contributed by atoms with van der Waals surface area (Å²) in [4.78, 5) is 13.7. The zero-order chi connectivity index (χ0) is 12.3. The van der Waals surface area contributed by atoms with E-state index in [1.54, 1.807) is 18.0 Å². The van der Waals surface area contributed by atoms with Crippen LogP contribution in [-0.4, -0.2) is 24.8 Å². The summed E-state index contributed by atoms with van der Waals surface area (Å²) in [6.45, 7) is 1.67. The highest BCUT2D eigenvalue weighted by molar-refractivity contribution is 6.34. The summed E-state index contributed by atoms with van der Waals surface area (Å²) < 4.78 is 13.0. The van der Waals surface area contributed by atoms with Crippen LogP contribution in [0.3, 0.4) is 0 Å². The van der Waals surface area contributed by atoms with Crippen molar-refractivity contribution in [1.29, 1.82) is 0 Å². The zero-order valence-corrected chi connectivity index (χ0v) is 10.2. The lowest BCUT2D eigenvalue weighted by Crippen LogP contribution is -2.08. The predicted molar refractivity (Wildman–Crippen MR) is 63.2 cm³/mol. The average molecular weight is 242 g/mol. The van der Waals surface area contributed by atoms with Gasteiger partial charge in [-0.05, 0) is 25.1 Å². The SMILES string of the molecule is CC(=CN(C)C)C(=O)c1cc(F)ccc1Cl. The molecule has 0 saturated heterocycles. The normalized spacial score (nSPS) is 11.4. The molecule has 0 amide bonds. The van der Waals surface area contributed by atoms with Gasteiger partial charge in [-0.15, -0.1) is 0 Å². The second-order valence-corrected chi connectivity index (χ2v) is 4.14. The second-order valence-electron chi connectivity index (χ2n) is 3.73. The van der Waals surface area contributed by atoms with Crippen LogP contribution in [0.1, 0.15) is 17.3 Å². The number of carbonyl (C=O) groups excluding carboxylic acids is 1. The first kappa shape index (κ1) is 12.7. The molecule has 16 heavy (non-hydrogen) atoms. The number of halogens is 2. The van der Waals surface area contributed by atoms with Crippen molar-refractivity contribution in [3.8, 4) is 0 Å². The molecule has 0 radical (unpaired) electrons. The lowest BCUT2D eigenvalue weighted by Gasteiger charge is -2.08.